The predicted molar refractivity (Wildman–Crippen MR) is 66.5 cm³/mol. The smallest absolute Gasteiger partial charge is 0.123 e. The molecule has 17 heavy (non-hydrogen) atoms. The van der Waals surface area contributed by atoms with Crippen LogP contribution in [0.4, 0.5) is 4.39 Å². The van der Waals surface area contributed by atoms with E-state index in [9.17, 15) is 9.50 Å². The Labute approximate surface area is 106 Å². The Kier molecular flexibility index (Phi) is 4.37. The monoisotopic (exact) mass is 257 g/mol. The zero-order valence-corrected chi connectivity index (χ0v) is 10.4. The highest BCUT2D eigenvalue weighted by atomic mass is 35.5. The average Bonchev–Trinajstić information content (AvgIpc) is 2.77. The van der Waals surface area contributed by atoms with Gasteiger partial charge in [-0.3, -0.25) is 0 Å². The van der Waals surface area contributed by atoms with Crippen LogP contribution in [0.3, 0.4) is 0 Å². The number of rotatable bonds is 4. The Balaban J connectivity index is 1.95. The Bertz CT molecular complexity index is 386. The lowest BCUT2D eigenvalue weighted by Crippen LogP contribution is -2.33. The van der Waals surface area contributed by atoms with Crippen LogP contribution >= 0.6 is 11.6 Å². The molecule has 1 aliphatic rings. The molecule has 2 rings (SSSR count). The first-order valence-electron chi connectivity index (χ1n) is 5.99. The van der Waals surface area contributed by atoms with Gasteiger partial charge in [-0.1, -0.05) is 18.0 Å². The lowest BCUT2D eigenvalue weighted by molar-refractivity contribution is 0.205. The third-order valence-electron chi connectivity index (χ3n) is 3.46. The second-order valence-electron chi connectivity index (χ2n) is 4.60. The van der Waals surface area contributed by atoms with Gasteiger partial charge in [-0.2, -0.15) is 0 Å². The van der Waals surface area contributed by atoms with Crippen LogP contribution in [0.15, 0.2) is 18.2 Å². The zero-order valence-electron chi connectivity index (χ0n) is 9.63. The molecule has 1 aliphatic carbocycles. The number of nitrogens with one attached hydrogen (secondary N) is 1. The summed E-state index contributed by atoms with van der Waals surface area (Å²) in [5.74, 6) is 0.0543. The highest BCUT2D eigenvalue weighted by molar-refractivity contribution is 6.31. The van der Waals surface area contributed by atoms with Crippen LogP contribution in [-0.2, 0) is 6.54 Å². The topological polar surface area (TPSA) is 32.3 Å². The summed E-state index contributed by atoms with van der Waals surface area (Å²) in [6.07, 6.45) is 3.27. The van der Waals surface area contributed by atoms with Crippen molar-refractivity contribution in [2.75, 3.05) is 6.61 Å². The molecule has 1 aromatic rings. The third kappa shape index (κ3) is 3.18. The summed E-state index contributed by atoms with van der Waals surface area (Å²) in [4.78, 5) is 0. The molecule has 1 aromatic carbocycles. The molecule has 0 aliphatic heterocycles. The summed E-state index contributed by atoms with van der Waals surface area (Å²) in [6, 6.07) is 4.71. The summed E-state index contributed by atoms with van der Waals surface area (Å²) in [7, 11) is 0. The highest BCUT2D eigenvalue weighted by Crippen LogP contribution is 2.26. The molecule has 0 aromatic heterocycles. The third-order valence-corrected chi connectivity index (χ3v) is 3.82. The van der Waals surface area contributed by atoms with E-state index < -0.39 is 0 Å². The van der Waals surface area contributed by atoms with Gasteiger partial charge >= 0.3 is 0 Å². The lowest BCUT2D eigenvalue weighted by atomic mass is 10.0. The van der Waals surface area contributed by atoms with Crippen LogP contribution in [-0.4, -0.2) is 17.8 Å². The number of aliphatic hydroxyl groups excluding tert-OH is 1. The molecule has 0 amide bonds. The molecule has 4 heteroatoms. The van der Waals surface area contributed by atoms with E-state index >= 15 is 0 Å². The molecule has 2 unspecified atom stereocenters. The number of halogens is 2. The van der Waals surface area contributed by atoms with E-state index in [1.54, 1.807) is 6.07 Å². The Morgan fingerprint density at radius 1 is 1.41 bits per heavy atom. The van der Waals surface area contributed by atoms with E-state index in [1.807, 2.05) is 0 Å². The van der Waals surface area contributed by atoms with Gasteiger partial charge in [0.15, 0.2) is 0 Å². The first-order chi connectivity index (χ1) is 8.20. The minimum absolute atomic E-state index is 0.217. The minimum Gasteiger partial charge on any atom is -0.396 e. The number of hydrogen-bond acceptors (Lipinski definition) is 2. The lowest BCUT2D eigenvalue weighted by Gasteiger charge is -2.19. The molecule has 0 heterocycles. The van der Waals surface area contributed by atoms with Crippen LogP contribution in [0.2, 0.25) is 5.02 Å². The maximum Gasteiger partial charge on any atom is 0.123 e. The standard InChI is InChI=1S/C13H17ClFNO/c14-12-5-4-11(15)6-10(12)7-16-13-3-1-2-9(13)8-17/h4-6,9,13,16-17H,1-3,7-8H2. The minimum atomic E-state index is -0.267. The van der Waals surface area contributed by atoms with Crippen molar-refractivity contribution in [3.05, 3.63) is 34.6 Å². The molecule has 1 fully saturated rings. The maximum absolute atomic E-state index is 13.1. The van der Waals surface area contributed by atoms with Crippen molar-refractivity contribution < 1.29 is 9.50 Å². The van der Waals surface area contributed by atoms with Crippen molar-refractivity contribution in [3.8, 4) is 0 Å². The van der Waals surface area contributed by atoms with Crippen molar-refractivity contribution in [3.63, 3.8) is 0 Å². The van der Waals surface area contributed by atoms with Crippen LogP contribution in [0, 0.1) is 11.7 Å². The van der Waals surface area contributed by atoms with Gasteiger partial charge in [0.1, 0.15) is 5.82 Å². The van der Waals surface area contributed by atoms with Gasteiger partial charge in [0.25, 0.3) is 0 Å². The van der Waals surface area contributed by atoms with Gasteiger partial charge in [-0.25, -0.2) is 4.39 Å². The maximum atomic E-state index is 13.1. The van der Waals surface area contributed by atoms with Crippen LogP contribution < -0.4 is 5.32 Å². The fourth-order valence-corrected chi connectivity index (χ4v) is 2.63. The van der Waals surface area contributed by atoms with Crippen LogP contribution in [0.1, 0.15) is 24.8 Å². The Morgan fingerprint density at radius 3 is 3.00 bits per heavy atom. The zero-order chi connectivity index (χ0) is 12.3. The van der Waals surface area contributed by atoms with Gasteiger partial charge in [0, 0.05) is 24.2 Å². The van der Waals surface area contributed by atoms with Crippen LogP contribution in [0.5, 0.6) is 0 Å². The Hall–Kier alpha value is -0.640. The summed E-state index contributed by atoms with van der Waals surface area (Å²) in [5, 5.41) is 13.1. The first-order valence-corrected chi connectivity index (χ1v) is 6.36. The van der Waals surface area contributed by atoms with Crippen molar-refractivity contribution in [1.82, 2.24) is 5.32 Å². The molecular weight excluding hydrogens is 241 g/mol. The summed E-state index contributed by atoms with van der Waals surface area (Å²) < 4.78 is 13.1. The number of aliphatic hydroxyl groups is 1. The van der Waals surface area contributed by atoms with Gasteiger partial charge in [0.2, 0.25) is 0 Å². The molecule has 1 saturated carbocycles. The quantitative estimate of drug-likeness (QED) is 0.869. The predicted octanol–water partition coefficient (Wildman–Crippen LogP) is 2.73. The normalized spacial score (nSPS) is 24.2. The molecule has 2 nitrogen and oxygen atoms in total. The van der Waals surface area contributed by atoms with Crippen molar-refractivity contribution >= 4 is 11.6 Å². The Morgan fingerprint density at radius 2 is 2.24 bits per heavy atom. The number of hydrogen-bond donors (Lipinski definition) is 2. The molecule has 2 N–H and O–H groups in total. The summed E-state index contributed by atoms with van der Waals surface area (Å²) in [6.45, 7) is 0.770. The van der Waals surface area contributed by atoms with Crippen LogP contribution in [0.25, 0.3) is 0 Å². The molecular formula is C13H17ClFNO. The second kappa shape index (κ2) is 5.80. The van der Waals surface area contributed by atoms with E-state index in [2.05, 4.69) is 5.32 Å². The summed E-state index contributed by atoms with van der Waals surface area (Å²) >= 11 is 6.00. The van der Waals surface area contributed by atoms with Crippen molar-refractivity contribution in [2.45, 2.75) is 31.8 Å². The molecule has 0 saturated heterocycles. The molecule has 0 radical (unpaired) electrons. The largest absolute Gasteiger partial charge is 0.396 e. The molecule has 94 valence electrons. The van der Waals surface area contributed by atoms with Gasteiger partial charge in [-0.15, -0.1) is 0 Å². The van der Waals surface area contributed by atoms with E-state index in [0.717, 1.165) is 24.8 Å². The molecule has 0 spiro atoms. The van der Waals surface area contributed by atoms with Gasteiger partial charge in [-0.05, 0) is 42.5 Å². The summed E-state index contributed by atoms with van der Waals surface area (Å²) in [5.41, 5.74) is 0.773. The van der Waals surface area contributed by atoms with E-state index in [4.69, 9.17) is 11.6 Å². The molecule has 2 atom stereocenters. The number of benzene rings is 1. The highest BCUT2D eigenvalue weighted by Gasteiger charge is 2.25. The average molecular weight is 258 g/mol. The fourth-order valence-electron chi connectivity index (χ4n) is 2.44. The first kappa shape index (κ1) is 12.8. The van der Waals surface area contributed by atoms with Gasteiger partial charge < -0.3 is 10.4 Å². The van der Waals surface area contributed by atoms with Gasteiger partial charge in [0.05, 0.1) is 0 Å². The SMILES string of the molecule is OCC1CCCC1NCc1cc(F)ccc1Cl. The van der Waals surface area contributed by atoms with E-state index in [1.165, 1.54) is 12.1 Å². The van der Waals surface area contributed by atoms with Crippen molar-refractivity contribution in [1.29, 1.82) is 0 Å². The fraction of sp³-hybridized carbons (Fsp3) is 0.538. The second-order valence-corrected chi connectivity index (χ2v) is 5.00. The molecule has 0 bridgehead atoms. The van der Waals surface area contributed by atoms with Crippen molar-refractivity contribution in [2.24, 2.45) is 5.92 Å². The van der Waals surface area contributed by atoms with E-state index in [0.29, 0.717) is 23.5 Å². The van der Waals surface area contributed by atoms with E-state index in [-0.39, 0.29) is 12.4 Å².